The van der Waals surface area contributed by atoms with Crippen LogP contribution in [-0.2, 0) is 6.67 Å². The first kappa shape index (κ1) is 14.7. The van der Waals surface area contributed by atoms with E-state index in [1.807, 2.05) is 0 Å². The summed E-state index contributed by atoms with van der Waals surface area (Å²) >= 11 is 5.87. The summed E-state index contributed by atoms with van der Waals surface area (Å²) in [5.41, 5.74) is 4.84. The van der Waals surface area contributed by atoms with Crippen molar-refractivity contribution in [3.63, 3.8) is 0 Å². The van der Waals surface area contributed by atoms with Gasteiger partial charge in [-0.1, -0.05) is 24.3 Å². The third-order valence-corrected chi connectivity index (χ3v) is 5.19. The van der Waals surface area contributed by atoms with E-state index in [9.17, 15) is 0 Å². The lowest BCUT2D eigenvalue weighted by atomic mass is 10.2. The van der Waals surface area contributed by atoms with Crippen LogP contribution in [0, 0.1) is 11.7 Å². The van der Waals surface area contributed by atoms with Gasteiger partial charge in [-0.15, -0.1) is 0 Å². The molecule has 0 spiro atoms. The molecule has 2 aromatic carbocycles. The van der Waals surface area contributed by atoms with E-state index in [1.54, 1.807) is 4.90 Å². The minimum Gasteiger partial charge on any atom is -0.317 e. The van der Waals surface area contributed by atoms with Crippen molar-refractivity contribution in [2.24, 2.45) is 0 Å². The zero-order chi connectivity index (χ0) is 15.8. The quantitative estimate of drug-likeness (QED) is 0.731. The number of fused-ring (bicyclic) bond motifs is 1. The molecule has 0 unspecified atom stereocenters. The highest BCUT2D eigenvalue weighted by Crippen LogP contribution is 2.22. The molecule has 0 radical (unpaired) electrons. The molecule has 0 bridgehead atoms. The number of likely N-dealkylation sites (tertiary alicyclic amines) is 1. The van der Waals surface area contributed by atoms with Crippen LogP contribution in [0.3, 0.4) is 0 Å². The molecular formula is C19H22N3S+. The van der Waals surface area contributed by atoms with Crippen LogP contribution in [-0.4, -0.2) is 22.2 Å². The molecule has 1 N–H and O–H groups in total. The molecule has 0 aliphatic carbocycles. The summed E-state index contributed by atoms with van der Waals surface area (Å²) in [6, 6.07) is 17.1. The minimum atomic E-state index is 0.899. The highest BCUT2D eigenvalue weighted by Gasteiger charge is 2.19. The second-order valence-electron chi connectivity index (χ2n) is 6.49. The van der Waals surface area contributed by atoms with Gasteiger partial charge in [-0.05, 0) is 49.0 Å². The van der Waals surface area contributed by atoms with Crippen LogP contribution in [0.15, 0.2) is 48.5 Å². The Balaban J connectivity index is 1.91. The smallest absolute Gasteiger partial charge is 0.189 e. The van der Waals surface area contributed by atoms with Crippen molar-refractivity contribution in [1.82, 2.24) is 9.13 Å². The Kier molecular flexibility index (Phi) is 3.79. The fourth-order valence-corrected chi connectivity index (χ4v) is 4.00. The molecule has 1 fully saturated rings. The lowest BCUT2D eigenvalue weighted by molar-refractivity contribution is -0.910. The molecule has 4 rings (SSSR count). The van der Waals surface area contributed by atoms with E-state index in [0.29, 0.717) is 0 Å². The van der Waals surface area contributed by atoms with Crippen LogP contribution in [0.2, 0.25) is 0 Å². The number of imidazole rings is 1. The van der Waals surface area contributed by atoms with Crippen molar-refractivity contribution in [3.8, 4) is 5.69 Å². The molecule has 4 heteroatoms. The number of para-hydroxylation sites is 2. The first-order chi connectivity index (χ1) is 11.2. The largest absolute Gasteiger partial charge is 0.317 e. The van der Waals surface area contributed by atoms with E-state index in [-0.39, 0.29) is 0 Å². The second kappa shape index (κ2) is 5.95. The van der Waals surface area contributed by atoms with Crippen molar-refractivity contribution in [2.45, 2.75) is 26.4 Å². The molecule has 3 nitrogen and oxygen atoms in total. The number of hydrogen-bond donors (Lipinski definition) is 1. The van der Waals surface area contributed by atoms with Gasteiger partial charge in [0.15, 0.2) is 11.4 Å². The standard InChI is InChI=1S/C19H21N3S/c1-15-7-6-8-16(13-15)22-18-10-3-2-9-17(18)21(19(22)23)14-20-11-4-5-12-20/h2-3,6-10,13H,4-5,11-12,14H2,1H3/p+1. The summed E-state index contributed by atoms with van der Waals surface area (Å²) in [7, 11) is 0. The van der Waals surface area contributed by atoms with Crippen molar-refractivity contribution in [2.75, 3.05) is 13.1 Å². The molecule has 0 saturated carbocycles. The molecule has 1 aromatic heterocycles. The van der Waals surface area contributed by atoms with Gasteiger partial charge in [0.2, 0.25) is 0 Å². The van der Waals surface area contributed by atoms with Crippen LogP contribution in [0.1, 0.15) is 18.4 Å². The monoisotopic (exact) mass is 324 g/mol. The number of aryl methyl sites for hydroxylation is 1. The van der Waals surface area contributed by atoms with Crippen molar-refractivity contribution < 1.29 is 4.90 Å². The van der Waals surface area contributed by atoms with Crippen LogP contribution in [0.25, 0.3) is 16.7 Å². The molecule has 1 aliphatic heterocycles. The maximum atomic E-state index is 5.87. The van der Waals surface area contributed by atoms with Gasteiger partial charge in [0.25, 0.3) is 0 Å². The van der Waals surface area contributed by atoms with Gasteiger partial charge in [-0.3, -0.25) is 9.13 Å². The number of aromatic nitrogens is 2. The highest BCUT2D eigenvalue weighted by molar-refractivity contribution is 7.71. The van der Waals surface area contributed by atoms with Crippen molar-refractivity contribution >= 4 is 23.3 Å². The summed E-state index contributed by atoms with van der Waals surface area (Å²) in [4.78, 5) is 1.63. The number of quaternary nitrogens is 1. The molecule has 2 heterocycles. The molecule has 118 valence electrons. The lowest BCUT2D eigenvalue weighted by Gasteiger charge is -2.13. The van der Waals surface area contributed by atoms with Gasteiger partial charge in [0, 0.05) is 18.5 Å². The van der Waals surface area contributed by atoms with E-state index in [4.69, 9.17) is 12.2 Å². The first-order valence-corrected chi connectivity index (χ1v) is 8.76. The zero-order valence-corrected chi connectivity index (χ0v) is 14.3. The van der Waals surface area contributed by atoms with E-state index in [2.05, 4.69) is 64.6 Å². The number of benzene rings is 2. The summed E-state index contributed by atoms with van der Waals surface area (Å²) in [5, 5.41) is 0. The van der Waals surface area contributed by atoms with Crippen LogP contribution < -0.4 is 4.90 Å². The lowest BCUT2D eigenvalue weighted by Crippen LogP contribution is -3.09. The van der Waals surface area contributed by atoms with Gasteiger partial charge >= 0.3 is 0 Å². The number of hydrogen-bond acceptors (Lipinski definition) is 1. The Bertz CT molecular complexity index is 900. The van der Waals surface area contributed by atoms with Gasteiger partial charge in [0.1, 0.15) is 0 Å². The minimum absolute atomic E-state index is 0.899. The van der Waals surface area contributed by atoms with Crippen LogP contribution in [0.5, 0.6) is 0 Å². The summed E-state index contributed by atoms with van der Waals surface area (Å²) in [6.07, 6.45) is 2.67. The predicted molar refractivity (Wildman–Crippen MR) is 96.8 cm³/mol. The predicted octanol–water partition coefficient (Wildman–Crippen LogP) is 3.11. The second-order valence-corrected chi connectivity index (χ2v) is 6.85. The summed E-state index contributed by atoms with van der Waals surface area (Å²) in [6.45, 7) is 5.61. The maximum absolute atomic E-state index is 5.87. The molecule has 3 aromatic rings. The van der Waals surface area contributed by atoms with Gasteiger partial charge in [-0.2, -0.15) is 0 Å². The molecule has 1 saturated heterocycles. The Morgan fingerprint density at radius 1 is 1.00 bits per heavy atom. The Morgan fingerprint density at radius 2 is 1.74 bits per heavy atom. The average molecular weight is 324 g/mol. The van der Waals surface area contributed by atoms with Gasteiger partial charge in [-0.25, -0.2) is 0 Å². The fraction of sp³-hybridized carbons (Fsp3) is 0.316. The number of nitrogens with one attached hydrogen (secondary N) is 1. The summed E-state index contributed by atoms with van der Waals surface area (Å²) < 4.78 is 5.43. The molecule has 0 amide bonds. The SMILES string of the molecule is Cc1cccc(-n2c(=S)n(C[NH+]3CCCC3)c3ccccc32)c1. The van der Waals surface area contributed by atoms with E-state index < -0.39 is 0 Å². The summed E-state index contributed by atoms with van der Waals surface area (Å²) in [5.74, 6) is 0. The highest BCUT2D eigenvalue weighted by atomic mass is 32.1. The maximum Gasteiger partial charge on any atom is 0.189 e. The Labute approximate surface area is 141 Å². The van der Waals surface area contributed by atoms with Crippen LogP contribution >= 0.6 is 12.2 Å². The van der Waals surface area contributed by atoms with E-state index in [0.717, 1.165) is 17.1 Å². The normalized spacial score (nSPS) is 15.5. The van der Waals surface area contributed by atoms with Gasteiger partial charge < -0.3 is 4.90 Å². The third kappa shape index (κ3) is 2.62. The Hall–Kier alpha value is -1.91. The topological polar surface area (TPSA) is 14.3 Å². The van der Waals surface area contributed by atoms with Crippen molar-refractivity contribution in [1.29, 1.82) is 0 Å². The third-order valence-electron chi connectivity index (χ3n) is 4.79. The average Bonchev–Trinajstić information content (AvgIpc) is 3.15. The molecule has 0 atom stereocenters. The van der Waals surface area contributed by atoms with Crippen LogP contribution in [0.4, 0.5) is 0 Å². The molecule has 23 heavy (non-hydrogen) atoms. The fourth-order valence-electron chi connectivity index (χ4n) is 3.63. The van der Waals surface area contributed by atoms with Gasteiger partial charge in [0.05, 0.1) is 24.1 Å². The zero-order valence-electron chi connectivity index (χ0n) is 13.5. The first-order valence-electron chi connectivity index (χ1n) is 8.35. The van der Waals surface area contributed by atoms with Crippen molar-refractivity contribution in [3.05, 3.63) is 58.9 Å². The molecular weight excluding hydrogens is 302 g/mol. The van der Waals surface area contributed by atoms with E-state index >= 15 is 0 Å². The Morgan fingerprint density at radius 3 is 2.48 bits per heavy atom. The van der Waals surface area contributed by atoms with E-state index in [1.165, 1.54) is 42.5 Å². The number of rotatable bonds is 3. The number of nitrogens with zero attached hydrogens (tertiary/aromatic N) is 2. The molecule has 1 aliphatic rings.